The number of nitriles is 1. The van der Waals surface area contributed by atoms with Crippen LogP contribution in [0.1, 0.15) is 32.7 Å². The average molecular weight is 609 g/mol. The molecule has 2 aromatic heterocycles. The van der Waals surface area contributed by atoms with Crippen molar-refractivity contribution in [2.75, 3.05) is 45.1 Å². The van der Waals surface area contributed by atoms with Gasteiger partial charge in [-0.15, -0.1) is 0 Å². The molecule has 2 aliphatic heterocycles. The molecule has 0 bridgehead atoms. The molecule has 2 fully saturated rings. The Morgan fingerprint density at radius 1 is 1.02 bits per heavy atom. The summed E-state index contributed by atoms with van der Waals surface area (Å²) < 4.78 is 14.6. The highest BCUT2D eigenvalue weighted by atomic mass is 16.5. The van der Waals surface area contributed by atoms with Crippen molar-refractivity contribution in [3.63, 3.8) is 0 Å². The summed E-state index contributed by atoms with van der Waals surface area (Å²) in [5, 5.41) is 9.91. The van der Waals surface area contributed by atoms with Gasteiger partial charge in [-0.3, -0.25) is 18.8 Å². The van der Waals surface area contributed by atoms with Crippen LogP contribution in [0.3, 0.4) is 0 Å². The lowest BCUT2D eigenvalue weighted by Crippen LogP contribution is -2.49. The molecule has 2 aliphatic rings. The van der Waals surface area contributed by atoms with Crippen LogP contribution in [0.4, 0.5) is 5.82 Å². The number of ether oxygens (including phenoxy) is 2. The number of piperidine rings is 1. The van der Waals surface area contributed by atoms with E-state index < -0.39 is 5.54 Å². The molecule has 0 radical (unpaired) electrons. The normalized spacial score (nSPS) is 16.9. The number of nitrogens with two attached hydrogens (primary N) is 1. The van der Waals surface area contributed by atoms with Gasteiger partial charge in [-0.25, -0.2) is 14.8 Å². The van der Waals surface area contributed by atoms with E-state index in [0.717, 1.165) is 13.1 Å². The third-order valence-corrected chi connectivity index (χ3v) is 8.55. The fourth-order valence-corrected chi connectivity index (χ4v) is 6.15. The van der Waals surface area contributed by atoms with E-state index in [4.69, 9.17) is 15.2 Å². The molecule has 12 nitrogen and oxygen atoms in total. The Labute approximate surface area is 260 Å². The number of rotatable bonds is 7. The Bertz CT molecular complexity index is 1810. The lowest BCUT2D eigenvalue weighted by Gasteiger charge is -2.39. The molecule has 45 heavy (non-hydrogen) atoms. The third-order valence-electron chi connectivity index (χ3n) is 8.55. The van der Waals surface area contributed by atoms with Gasteiger partial charge in [0, 0.05) is 37.8 Å². The Balaban J connectivity index is 1.23. The number of para-hydroxylation sites is 1. The van der Waals surface area contributed by atoms with Crippen LogP contribution >= 0.6 is 0 Å². The van der Waals surface area contributed by atoms with Gasteiger partial charge in [0.25, 0.3) is 5.91 Å². The van der Waals surface area contributed by atoms with E-state index in [1.54, 1.807) is 39.8 Å². The zero-order valence-corrected chi connectivity index (χ0v) is 25.4. The number of imidazole rings is 1. The molecule has 0 aliphatic carbocycles. The first-order chi connectivity index (χ1) is 21.8. The molecule has 0 atom stereocenters. The number of carbonyl (C=O) groups excluding carboxylic acids is 1. The summed E-state index contributed by atoms with van der Waals surface area (Å²) in [5.41, 5.74) is 7.14. The van der Waals surface area contributed by atoms with Gasteiger partial charge in [-0.1, -0.05) is 18.2 Å². The lowest BCUT2D eigenvalue weighted by atomic mass is 9.97. The number of nitrogen functional groups attached to an aromatic ring is 1. The number of morpholine rings is 1. The summed E-state index contributed by atoms with van der Waals surface area (Å²) in [7, 11) is 0. The van der Waals surface area contributed by atoms with Gasteiger partial charge in [0.05, 0.1) is 18.9 Å². The summed E-state index contributed by atoms with van der Waals surface area (Å²) in [6, 6.07) is 18.5. The minimum atomic E-state index is -0.469. The molecule has 1 amide bonds. The van der Waals surface area contributed by atoms with Crippen LogP contribution in [0.15, 0.2) is 77.4 Å². The zero-order chi connectivity index (χ0) is 31.6. The first-order valence-corrected chi connectivity index (χ1v) is 15.1. The number of amides is 1. The number of nitrogens with zero attached hydrogens (tertiary/aromatic N) is 7. The van der Waals surface area contributed by atoms with Crippen LogP contribution in [0.2, 0.25) is 0 Å². The molecule has 4 heterocycles. The van der Waals surface area contributed by atoms with E-state index in [9.17, 15) is 14.9 Å². The summed E-state index contributed by atoms with van der Waals surface area (Å²) in [6.45, 7) is 7.54. The lowest BCUT2D eigenvalue weighted by molar-refractivity contribution is -0.128. The van der Waals surface area contributed by atoms with Crippen LogP contribution in [0, 0.1) is 11.3 Å². The van der Waals surface area contributed by atoms with E-state index in [1.807, 2.05) is 44.2 Å². The molecule has 232 valence electrons. The molecule has 2 N–H and O–H groups in total. The minimum absolute atomic E-state index is 0.124. The van der Waals surface area contributed by atoms with Crippen LogP contribution in [-0.2, 0) is 9.53 Å². The fraction of sp³-hybridized carbons (Fsp3) is 0.364. The summed E-state index contributed by atoms with van der Waals surface area (Å²) in [5.74, 6) is 1.23. The maximum atomic E-state index is 14.0. The van der Waals surface area contributed by atoms with Gasteiger partial charge in [0.15, 0.2) is 11.5 Å². The molecule has 0 saturated carbocycles. The van der Waals surface area contributed by atoms with Crippen molar-refractivity contribution >= 4 is 22.9 Å². The smallest absolute Gasteiger partial charge is 0.335 e. The first-order valence-electron chi connectivity index (χ1n) is 15.1. The highest BCUT2D eigenvalue weighted by Gasteiger charge is 2.32. The molecular formula is C33H36N8O4. The fourth-order valence-electron chi connectivity index (χ4n) is 6.15. The highest BCUT2D eigenvalue weighted by molar-refractivity contribution is 5.97. The predicted molar refractivity (Wildman–Crippen MR) is 169 cm³/mol. The molecule has 0 spiro atoms. The highest BCUT2D eigenvalue weighted by Crippen LogP contribution is 2.30. The first kappa shape index (κ1) is 30.1. The van der Waals surface area contributed by atoms with E-state index in [2.05, 4.69) is 20.9 Å². The number of aromatic nitrogens is 4. The molecule has 2 saturated heterocycles. The molecule has 0 unspecified atom stereocenters. The number of fused-ring (bicyclic) bond motifs is 1. The van der Waals surface area contributed by atoms with Crippen molar-refractivity contribution in [2.24, 2.45) is 0 Å². The van der Waals surface area contributed by atoms with Crippen LogP contribution < -0.4 is 16.2 Å². The Morgan fingerprint density at radius 3 is 2.36 bits per heavy atom. The maximum Gasteiger partial charge on any atom is 0.335 e. The second-order valence-corrected chi connectivity index (χ2v) is 11.8. The number of carbonyl (C=O) groups is 1. The van der Waals surface area contributed by atoms with Gasteiger partial charge in [-0.2, -0.15) is 5.26 Å². The molecule has 12 heteroatoms. The van der Waals surface area contributed by atoms with E-state index in [-0.39, 0.29) is 29.0 Å². The number of hydrogen-bond donors (Lipinski definition) is 1. The van der Waals surface area contributed by atoms with E-state index in [1.165, 1.54) is 10.9 Å². The van der Waals surface area contributed by atoms with Crippen LogP contribution in [0.5, 0.6) is 11.5 Å². The Morgan fingerprint density at radius 2 is 1.69 bits per heavy atom. The monoisotopic (exact) mass is 608 g/mol. The van der Waals surface area contributed by atoms with Gasteiger partial charge >= 0.3 is 5.69 Å². The summed E-state index contributed by atoms with van der Waals surface area (Å²) in [6.07, 6.45) is 4.16. The molecule has 4 aromatic rings. The summed E-state index contributed by atoms with van der Waals surface area (Å²) >= 11 is 0. The topological polar surface area (TPSA) is 145 Å². The SMILES string of the molecule is CC(C)(C=C(C#N)C(=O)N1CCC(n2c(=O)n(-c3ccc(Oc4ccccc4)cc3)c3c(N)ncnc32)CC1)N1CCOCC1. The Kier molecular flexibility index (Phi) is 8.38. The zero-order valence-electron chi connectivity index (χ0n) is 25.4. The number of likely N-dealkylation sites (tertiary alicyclic amines) is 1. The maximum absolute atomic E-state index is 14.0. The van der Waals surface area contributed by atoms with Crippen molar-refractivity contribution in [1.29, 1.82) is 5.26 Å². The minimum Gasteiger partial charge on any atom is -0.457 e. The van der Waals surface area contributed by atoms with Crippen molar-refractivity contribution in [3.05, 3.63) is 83.1 Å². The number of anilines is 1. The number of benzene rings is 2. The molecular weight excluding hydrogens is 572 g/mol. The standard InChI is InChI=1S/C33H36N8O4/c1-33(2,39-16-18-44-19-17-39)20-23(21-34)31(42)38-14-12-25(13-15-38)41-30-28(29(35)36-22-37-30)40(32(41)43)24-8-10-27(11-9-24)45-26-6-4-3-5-7-26/h3-11,20,22,25H,12-19H2,1-2H3,(H2,35,36,37). The van der Waals surface area contributed by atoms with Crippen molar-refractivity contribution in [3.8, 4) is 23.3 Å². The quantitative estimate of drug-likeness (QED) is 0.245. The van der Waals surface area contributed by atoms with Crippen molar-refractivity contribution in [2.45, 2.75) is 38.3 Å². The Hall–Kier alpha value is -4.99. The van der Waals surface area contributed by atoms with Gasteiger partial charge < -0.3 is 20.1 Å². The van der Waals surface area contributed by atoms with E-state index in [0.29, 0.717) is 67.5 Å². The van der Waals surface area contributed by atoms with Crippen molar-refractivity contribution < 1.29 is 14.3 Å². The molecule has 6 rings (SSSR count). The predicted octanol–water partition coefficient (Wildman–Crippen LogP) is 3.68. The van der Waals surface area contributed by atoms with Crippen molar-refractivity contribution in [1.82, 2.24) is 28.9 Å². The average Bonchev–Trinajstić information content (AvgIpc) is 3.37. The van der Waals surface area contributed by atoms with Gasteiger partial charge in [-0.05, 0) is 69.2 Å². The number of hydrogen-bond acceptors (Lipinski definition) is 9. The molecule has 2 aromatic carbocycles. The largest absolute Gasteiger partial charge is 0.457 e. The van der Waals surface area contributed by atoms with Gasteiger partial charge in [0.1, 0.15) is 35.0 Å². The van der Waals surface area contributed by atoms with Crippen LogP contribution in [-0.4, -0.2) is 79.7 Å². The van der Waals surface area contributed by atoms with Crippen LogP contribution in [0.25, 0.3) is 16.9 Å². The second-order valence-electron chi connectivity index (χ2n) is 11.8. The third kappa shape index (κ3) is 6.05. The summed E-state index contributed by atoms with van der Waals surface area (Å²) in [4.78, 5) is 40.0. The van der Waals surface area contributed by atoms with Gasteiger partial charge in [0.2, 0.25) is 0 Å². The van der Waals surface area contributed by atoms with E-state index >= 15 is 0 Å². The second kappa shape index (κ2) is 12.6.